The number of ketones is 1. The van der Waals surface area contributed by atoms with E-state index in [4.69, 9.17) is 5.73 Å². The van der Waals surface area contributed by atoms with Gasteiger partial charge < -0.3 is 20.5 Å². The largest absolute Gasteiger partial charge is 1.00 e. The number of aryl methyl sites for hydroxylation is 1. The number of fused-ring (bicyclic) bond motifs is 1. The number of pyridine rings is 1. The number of rotatable bonds is 6. The van der Waals surface area contributed by atoms with Crippen LogP contribution in [0.2, 0.25) is 0 Å². The van der Waals surface area contributed by atoms with Crippen LogP contribution >= 0.6 is 11.3 Å². The van der Waals surface area contributed by atoms with Crippen LogP contribution in [-0.2, 0) is 16.0 Å². The van der Waals surface area contributed by atoms with E-state index in [-0.39, 0.29) is 47.3 Å². The quantitative estimate of drug-likeness (QED) is 0.236. The van der Waals surface area contributed by atoms with Crippen LogP contribution < -0.4 is 40.4 Å². The molecule has 2 atom stereocenters. The third-order valence-electron chi connectivity index (χ3n) is 5.71. The third kappa shape index (κ3) is 4.45. The molecule has 31 heavy (non-hydrogen) atoms. The first kappa shape index (κ1) is 23.6. The second kappa shape index (κ2) is 8.82. The van der Waals surface area contributed by atoms with Gasteiger partial charge in [0.2, 0.25) is 0 Å². The Labute approximate surface area is 205 Å². The number of carbonyl (C=O) groups is 3. The number of carboxylic acids is 1. The van der Waals surface area contributed by atoms with E-state index in [2.05, 4.69) is 9.97 Å². The van der Waals surface area contributed by atoms with Gasteiger partial charge in [0.15, 0.2) is 10.9 Å². The zero-order valence-corrected chi connectivity index (χ0v) is 20.4. The van der Waals surface area contributed by atoms with Crippen molar-refractivity contribution in [3.63, 3.8) is 0 Å². The molecule has 156 valence electrons. The summed E-state index contributed by atoms with van der Waals surface area (Å²) in [7, 11) is 0. The topological polar surface area (TPSA) is 129 Å². The Morgan fingerprint density at radius 1 is 1.39 bits per heavy atom. The number of nitrogens with two attached hydrogens (primary N) is 1. The van der Waals surface area contributed by atoms with Gasteiger partial charge in [-0.1, -0.05) is 13.8 Å². The van der Waals surface area contributed by atoms with Crippen LogP contribution in [0.15, 0.2) is 30.1 Å². The Balaban J connectivity index is 0.00000272. The molecule has 10 heteroatoms. The van der Waals surface area contributed by atoms with E-state index < -0.39 is 17.4 Å². The first-order chi connectivity index (χ1) is 14.2. The minimum atomic E-state index is -1.23. The van der Waals surface area contributed by atoms with Gasteiger partial charge in [0.05, 0.1) is 23.7 Å². The minimum Gasteiger partial charge on any atom is -0.548 e. The van der Waals surface area contributed by atoms with Gasteiger partial charge in [-0.15, -0.1) is 11.3 Å². The maximum Gasteiger partial charge on any atom is 1.00 e. The molecule has 2 aliphatic heterocycles. The molecular formula is C21H21N4NaO4S. The fourth-order valence-electron chi connectivity index (χ4n) is 4.28. The van der Waals surface area contributed by atoms with Crippen LogP contribution in [0.3, 0.4) is 0 Å². The first-order valence-corrected chi connectivity index (χ1v) is 10.4. The molecule has 2 N–H and O–H groups in total. The number of anilines is 1. The number of hydrogen-bond acceptors (Lipinski definition) is 8. The van der Waals surface area contributed by atoms with E-state index in [1.54, 1.807) is 24.4 Å². The smallest absolute Gasteiger partial charge is 0.548 e. The molecule has 2 aromatic rings. The van der Waals surface area contributed by atoms with Gasteiger partial charge in [0, 0.05) is 34.8 Å². The van der Waals surface area contributed by atoms with Gasteiger partial charge in [0.1, 0.15) is 0 Å². The standard InChI is InChI=1S/C21H22N4O4S.Na/c1-21(2)9-15-14(18(27)25(15)17(21)19(28)29)8-12-7-11(5-6-23-12)16(26)4-3-13-10-24-20(22)30-13;/h5-8,10,15,17H,3-4,9H2,1-2H3,(H2,22,24)(H,28,29);/q;+1/p-1/b14-8+;/t15?,17-;/m0./s1. The van der Waals surface area contributed by atoms with Gasteiger partial charge in [-0.2, -0.15) is 0 Å². The summed E-state index contributed by atoms with van der Waals surface area (Å²) < 4.78 is 0. The van der Waals surface area contributed by atoms with Crippen molar-refractivity contribution < 1.29 is 49.0 Å². The Morgan fingerprint density at radius 2 is 2.13 bits per heavy atom. The normalized spacial score (nSPS) is 22.6. The van der Waals surface area contributed by atoms with Crippen molar-refractivity contribution in [3.05, 3.63) is 46.2 Å². The molecular weight excluding hydrogens is 427 g/mol. The Morgan fingerprint density at radius 3 is 2.77 bits per heavy atom. The van der Waals surface area contributed by atoms with E-state index >= 15 is 0 Å². The SMILES string of the molecule is CC1(C)CC2/C(=C\c3cc(C(=O)CCc4cnc(N)s4)ccn3)C(=O)N2[C@H]1C(=O)[O-].[Na+]. The zero-order chi connectivity index (χ0) is 21.6. The molecule has 0 aliphatic carbocycles. The maximum absolute atomic E-state index is 12.6. The zero-order valence-electron chi connectivity index (χ0n) is 17.6. The van der Waals surface area contributed by atoms with Crippen LogP contribution in [0.1, 0.15) is 47.6 Å². The molecule has 4 rings (SSSR count). The Bertz CT molecular complexity index is 1080. The van der Waals surface area contributed by atoms with Crippen LogP contribution in [0.4, 0.5) is 5.13 Å². The molecule has 0 bridgehead atoms. The summed E-state index contributed by atoms with van der Waals surface area (Å²) in [4.78, 5) is 47.2. The van der Waals surface area contributed by atoms with Gasteiger partial charge in [0.25, 0.3) is 5.91 Å². The number of β-lactam (4-membered cyclic amide) rings is 1. The number of hydrogen-bond donors (Lipinski definition) is 1. The molecule has 0 aromatic carbocycles. The number of aliphatic carboxylic acids is 1. The van der Waals surface area contributed by atoms with Crippen LogP contribution in [0.25, 0.3) is 6.08 Å². The second-order valence-electron chi connectivity index (χ2n) is 8.30. The van der Waals surface area contributed by atoms with Crippen molar-refractivity contribution in [3.8, 4) is 0 Å². The van der Waals surface area contributed by atoms with Crippen LogP contribution in [0.5, 0.6) is 0 Å². The average molecular weight is 448 g/mol. The van der Waals surface area contributed by atoms with E-state index in [0.29, 0.717) is 41.2 Å². The van der Waals surface area contributed by atoms with Crippen LogP contribution in [-0.4, -0.2) is 44.6 Å². The summed E-state index contributed by atoms with van der Waals surface area (Å²) in [6, 6.07) is 2.09. The van der Waals surface area contributed by atoms with Gasteiger partial charge in [-0.25, -0.2) is 4.98 Å². The average Bonchev–Trinajstić information content (AvgIpc) is 3.22. The summed E-state index contributed by atoms with van der Waals surface area (Å²) in [5.74, 6) is -1.59. The third-order valence-corrected chi connectivity index (χ3v) is 6.60. The van der Waals surface area contributed by atoms with E-state index in [1.807, 2.05) is 13.8 Å². The summed E-state index contributed by atoms with van der Waals surface area (Å²) in [5, 5.41) is 12.0. The van der Waals surface area contributed by atoms with E-state index in [9.17, 15) is 19.5 Å². The van der Waals surface area contributed by atoms with Crippen molar-refractivity contribution in [1.29, 1.82) is 0 Å². The molecule has 8 nitrogen and oxygen atoms in total. The Kier molecular flexibility index (Phi) is 6.71. The number of Topliss-reactive ketones (excluding diaryl/α,β-unsaturated/α-hetero) is 1. The summed E-state index contributed by atoms with van der Waals surface area (Å²) in [6.45, 7) is 3.65. The molecule has 0 spiro atoms. The van der Waals surface area contributed by atoms with Gasteiger partial charge in [-0.3, -0.25) is 14.6 Å². The number of nitrogen functional groups attached to an aromatic ring is 1. The number of carbonyl (C=O) groups excluding carboxylic acids is 3. The van der Waals surface area contributed by atoms with Crippen molar-refractivity contribution >= 4 is 40.2 Å². The number of nitrogens with zero attached hydrogens (tertiary/aromatic N) is 3. The molecule has 1 unspecified atom stereocenters. The minimum absolute atomic E-state index is 0. The number of amides is 1. The Hall–Kier alpha value is -2.07. The summed E-state index contributed by atoms with van der Waals surface area (Å²) >= 11 is 1.36. The fraction of sp³-hybridized carbons (Fsp3) is 0.381. The number of carboxylic acid groups (broad SMARTS) is 1. The first-order valence-electron chi connectivity index (χ1n) is 9.62. The molecule has 0 saturated carbocycles. The van der Waals surface area contributed by atoms with Crippen molar-refractivity contribution in [2.24, 2.45) is 5.41 Å². The molecule has 2 fully saturated rings. The van der Waals surface area contributed by atoms with Gasteiger partial charge in [-0.05, 0) is 36.5 Å². The fourth-order valence-corrected chi connectivity index (χ4v) is 4.96. The monoisotopic (exact) mass is 448 g/mol. The maximum atomic E-state index is 12.6. The summed E-state index contributed by atoms with van der Waals surface area (Å²) in [6.07, 6.45) is 6.28. The van der Waals surface area contributed by atoms with E-state index in [0.717, 1.165) is 4.88 Å². The molecule has 2 aliphatic rings. The number of thiazole rings is 1. The second-order valence-corrected chi connectivity index (χ2v) is 9.45. The van der Waals surface area contributed by atoms with Crippen molar-refractivity contribution in [2.75, 3.05) is 5.73 Å². The van der Waals surface area contributed by atoms with Crippen molar-refractivity contribution in [1.82, 2.24) is 14.9 Å². The molecule has 2 aromatic heterocycles. The summed E-state index contributed by atoms with van der Waals surface area (Å²) in [5.41, 5.74) is 6.57. The molecule has 1 amide bonds. The molecule has 2 saturated heterocycles. The van der Waals surface area contributed by atoms with Crippen molar-refractivity contribution in [2.45, 2.75) is 45.2 Å². The predicted molar refractivity (Wildman–Crippen MR) is 109 cm³/mol. The number of aromatic nitrogens is 2. The molecule has 0 radical (unpaired) electrons. The van der Waals surface area contributed by atoms with Crippen LogP contribution in [0, 0.1) is 5.41 Å². The van der Waals surface area contributed by atoms with Gasteiger partial charge >= 0.3 is 29.6 Å². The predicted octanol–water partition coefficient (Wildman–Crippen LogP) is -1.92. The molecule has 4 heterocycles. The van der Waals surface area contributed by atoms with E-state index in [1.165, 1.54) is 22.4 Å².